The molecule has 3 aromatic carbocycles. The fourth-order valence-corrected chi connectivity index (χ4v) is 6.21. The second-order valence-corrected chi connectivity index (χ2v) is 11.4. The van der Waals surface area contributed by atoms with E-state index in [1.165, 1.54) is 22.8 Å². The van der Waals surface area contributed by atoms with Gasteiger partial charge in [-0.25, -0.2) is 9.38 Å². The first kappa shape index (κ1) is 28.7. The second-order valence-electron chi connectivity index (χ2n) is 10.3. The number of halogens is 1. The fourth-order valence-electron chi connectivity index (χ4n) is 5.18. The third-order valence-electron chi connectivity index (χ3n) is 7.51. The minimum absolute atomic E-state index is 0.00507. The van der Waals surface area contributed by atoms with Gasteiger partial charge in [-0.3, -0.25) is 24.3 Å². The number of para-hydroxylation sites is 1. The smallest absolute Gasteiger partial charge is 0.273 e. The van der Waals surface area contributed by atoms with Crippen molar-refractivity contribution in [2.75, 3.05) is 5.32 Å². The number of fused-ring (bicyclic) bond motifs is 1. The number of hydrogen-bond acceptors (Lipinski definition) is 7. The van der Waals surface area contributed by atoms with Crippen molar-refractivity contribution in [3.05, 3.63) is 148 Å². The van der Waals surface area contributed by atoms with Gasteiger partial charge in [0.15, 0.2) is 4.80 Å². The number of aromatic nitrogens is 1. The number of hydrogen-bond donors (Lipinski definition) is 1. The molecular weight excluding hydrogens is 583 g/mol. The van der Waals surface area contributed by atoms with Gasteiger partial charge in [0.2, 0.25) is 0 Å². The van der Waals surface area contributed by atoms with Crippen LogP contribution < -0.4 is 20.2 Å². The van der Waals surface area contributed by atoms with Crippen molar-refractivity contribution in [3.63, 3.8) is 0 Å². The van der Waals surface area contributed by atoms with Gasteiger partial charge in [-0.2, -0.15) is 0 Å². The summed E-state index contributed by atoms with van der Waals surface area (Å²) in [6.45, 7) is 5.20. The van der Waals surface area contributed by atoms with E-state index in [2.05, 4.69) is 10.3 Å². The molecule has 1 amide bonds. The molecule has 5 aromatic rings. The predicted octanol–water partition coefficient (Wildman–Crippen LogP) is 5.80. The van der Waals surface area contributed by atoms with Crippen LogP contribution in [0.5, 0.6) is 0 Å². The highest BCUT2D eigenvalue weighted by Crippen LogP contribution is 2.32. The van der Waals surface area contributed by atoms with Gasteiger partial charge in [0, 0.05) is 29.0 Å². The average molecular weight is 609 g/mol. The number of aryl methyl sites for hydroxylation is 1. The number of rotatable bonds is 6. The molecule has 1 aliphatic heterocycles. The summed E-state index contributed by atoms with van der Waals surface area (Å²) in [7, 11) is 0. The van der Waals surface area contributed by atoms with Crippen LogP contribution in [0.2, 0.25) is 0 Å². The number of benzene rings is 3. The van der Waals surface area contributed by atoms with Gasteiger partial charge < -0.3 is 9.73 Å². The number of nitro benzene ring substituents is 1. The number of carbonyl (C=O) groups excluding carboxylic acids is 1. The molecule has 1 N–H and O–H groups in total. The summed E-state index contributed by atoms with van der Waals surface area (Å²) in [6, 6.07) is 20.4. The van der Waals surface area contributed by atoms with Gasteiger partial charge in [0.05, 0.1) is 26.8 Å². The van der Waals surface area contributed by atoms with Gasteiger partial charge in [0.1, 0.15) is 17.3 Å². The minimum atomic E-state index is -0.860. The van der Waals surface area contributed by atoms with Crippen molar-refractivity contribution < 1.29 is 18.5 Å². The summed E-state index contributed by atoms with van der Waals surface area (Å²) in [5.74, 6) is -0.101. The fraction of sp³-hybridized carbons (Fsp3) is 0.121. The molecule has 0 bridgehead atoms. The Morgan fingerprint density at radius 1 is 1.07 bits per heavy atom. The van der Waals surface area contributed by atoms with E-state index in [1.54, 1.807) is 75.4 Å². The van der Waals surface area contributed by atoms with E-state index in [9.17, 15) is 24.1 Å². The number of amides is 1. The molecule has 0 spiro atoms. The van der Waals surface area contributed by atoms with Gasteiger partial charge in [-0.1, -0.05) is 41.7 Å². The Morgan fingerprint density at radius 3 is 2.50 bits per heavy atom. The summed E-state index contributed by atoms with van der Waals surface area (Å²) < 4.78 is 21.6. The van der Waals surface area contributed by atoms with Crippen molar-refractivity contribution in [3.8, 4) is 11.3 Å². The van der Waals surface area contributed by atoms with Gasteiger partial charge >= 0.3 is 0 Å². The predicted molar refractivity (Wildman–Crippen MR) is 166 cm³/mol. The molecule has 220 valence electrons. The Morgan fingerprint density at radius 2 is 1.80 bits per heavy atom. The summed E-state index contributed by atoms with van der Waals surface area (Å²) in [5, 5.41) is 14.4. The topological polar surface area (TPSA) is 120 Å². The number of furan rings is 1. The van der Waals surface area contributed by atoms with Crippen LogP contribution >= 0.6 is 11.3 Å². The molecule has 2 aromatic heterocycles. The molecule has 9 nitrogen and oxygen atoms in total. The molecule has 0 saturated heterocycles. The van der Waals surface area contributed by atoms with Crippen molar-refractivity contribution >= 4 is 34.7 Å². The Balaban J connectivity index is 1.44. The van der Waals surface area contributed by atoms with Crippen LogP contribution in [0.15, 0.2) is 104 Å². The molecule has 44 heavy (non-hydrogen) atoms. The van der Waals surface area contributed by atoms with Crippen LogP contribution in [0.1, 0.15) is 35.4 Å². The monoisotopic (exact) mass is 608 g/mol. The quantitative estimate of drug-likeness (QED) is 0.193. The van der Waals surface area contributed by atoms with Crippen LogP contribution in [0.3, 0.4) is 0 Å². The molecular formula is C33H25FN4O5S. The summed E-state index contributed by atoms with van der Waals surface area (Å²) in [6.07, 6.45) is 1.58. The maximum absolute atomic E-state index is 13.9. The summed E-state index contributed by atoms with van der Waals surface area (Å²) in [5.41, 5.74) is 3.28. The second kappa shape index (κ2) is 11.3. The molecule has 1 aliphatic rings. The zero-order valence-electron chi connectivity index (χ0n) is 23.8. The maximum atomic E-state index is 13.9. The summed E-state index contributed by atoms with van der Waals surface area (Å²) in [4.78, 5) is 43.6. The first-order chi connectivity index (χ1) is 21.1. The van der Waals surface area contributed by atoms with E-state index in [-0.39, 0.29) is 11.3 Å². The Labute approximate surface area is 254 Å². The van der Waals surface area contributed by atoms with E-state index in [1.807, 2.05) is 12.1 Å². The number of carbonyl (C=O) groups is 1. The highest BCUT2D eigenvalue weighted by molar-refractivity contribution is 7.07. The number of thiazole rings is 1. The van der Waals surface area contributed by atoms with Crippen molar-refractivity contribution in [2.24, 2.45) is 4.99 Å². The van der Waals surface area contributed by atoms with Crippen LogP contribution in [-0.4, -0.2) is 15.4 Å². The highest BCUT2D eigenvalue weighted by atomic mass is 32.1. The molecule has 1 atom stereocenters. The first-order valence-electron chi connectivity index (χ1n) is 13.6. The third kappa shape index (κ3) is 5.29. The van der Waals surface area contributed by atoms with Crippen molar-refractivity contribution in [1.29, 1.82) is 0 Å². The van der Waals surface area contributed by atoms with Gasteiger partial charge in [-0.15, -0.1) is 0 Å². The third-order valence-corrected chi connectivity index (χ3v) is 8.49. The van der Waals surface area contributed by atoms with Crippen molar-refractivity contribution in [1.82, 2.24) is 4.57 Å². The number of allylic oxidation sites excluding steroid dienone is 1. The molecule has 6 rings (SSSR count). The molecule has 0 saturated carbocycles. The standard InChI is InChI=1S/C33H25FN4O5S/c1-18-15-22(16-26(19(18)2)38(41)42)27-14-13-25(43-27)17-28-32(40)37-30(21-9-11-23(34)12-10-21)29(20(3)35-33(37)44-28)31(39)36-24-7-5-4-6-8-24/h4-17,30H,1-3H3,(H,36,39)/b28-17-/t30-/m1/s1. The zero-order chi connectivity index (χ0) is 31.1. The lowest BCUT2D eigenvalue weighted by atomic mass is 9.95. The first-order valence-corrected chi connectivity index (χ1v) is 14.4. The molecule has 0 radical (unpaired) electrons. The van der Waals surface area contributed by atoms with Crippen LogP contribution in [0.25, 0.3) is 17.4 Å². The van der Waals surface area contributed by atoms with Crippen LogP contribution in [0, 0.1) is 29.8 Å². The molecule has 0 fully saturated rings. The Kier molecular flexibility index (Phi) is 7.40. The Bertz CT molecular complexity index is 2160. The number of nitrogens with one attached hydrogen (secondary N) is 1. The molecule has 0 unspecified atom stereocenters. The number of nitrogens with zero attached hydrogens (tertiary/aromatic N) is 3. The van der Waals surface area contributed by atoms with E-state index < -0.39 is 28.2 Å². The van der Waals surface area contributed by atoms with Crippen molar-refractivity contribution in [2.45, 2.75) is 26.8 Å². The highest BCUT2D eigenvalue weighted by Gasteiger charge is 2.32. The largest absolute Gasteiger partial charge is 0.457 e. The number of nitro groups is 1. The lowest BCUT2D eigenvalue weighted by Gasteiger charge is -2.25. The number of anilines is 1. The average Bonchev–Trinajstić information content (AvgIpc) is 3.58. The van der Waals surface area contributed by atoms with Crippen LogP contribution in [-0.2, 0) is 4.79 Å². The zero-order valence-corrected chi connectivity index (χ0v) is 24.6. The minimum Gasteiger partial charge on any atom is -0.457 e. The molecule has 3 heterocycles. The summed E-state index contributed by atoms with van der Waals surface area (Å²) >= 11 is 1.13. The Hall–Kier alpha value is -5.42. The lowest BCUT2D eigenvalue weighted by molar-refractivity contribution is -0.385. The maximum Gasteiger partial charge on any atom is 0.273 e. The van der Waals surface area contributed by atoms with E-state index in [4.69, 9.17) is 4.42 Å². The van der Waals surface area contributed by atoms with E-state index in [0.717, 1.165) is 16.9 Å². The normalized spacial score (nSPS) is 14.7. The lowest BCUT2D eigenvalue weighted by Crippen LogP contribution is -2.40. The van der Waals surface area contributed by atoms with E-state index in [0.29, 0.717) is 48.9 Å². The van der Waals surface area contributed by atoms with Crippen LogP contribution in [0.4, 0.5) is 15.8 Å². The van der Waals surface area contributed by atoms with Gasteiger partial charge in [0.25, 0.3) is 17.2 Å². The molecule has 0 aliphatic carbocycles. The van der Waals surface area contributed by atoms with E-state index >= 15 is 0 Å². The molecule has 11 heteroatoms. The van der Waals surface area contributed by atoms with Gasteiger partial charge in [-0.05, 0) is 74.4 Å². The SMILES string of the molecule is CC1=C(C(=O)Nc2ccccc2)[C@@H](c2ccc(F)cc2)n2c(s/c(=C\c3ccc(-c4cc(C)c(C)c([N+](=O)[O-])c4)o3)c2=O)=N1.